The number of carbonyl (C=O) groups excluding carboxylic acids is 1. The Balaban J connectivity index is 0.000000182. The summed E-state index contributed by atoms with van der Waals surface area (Å²) in [4.78, 5) is 22.7. The molecule has 0 saturated carbocycles. The van der Waals surface area contributed by atoms with E-state index in [9.17, 15) is 9.59 Å². The molecule has 8 nitrogen and oxygen atoms in total. The van der Waals surface area contributed by atoms with E-state index in [2.05, 4.69) is 18.9 Å². The number of carbonyl (C=O) groups is 2. The highest BCUT2D eigenvalue weighted by Gasteiger charge is 2.59. The second kappa shape index (κ2) is 13.3. The van der Waals surface area contributed by atoms with Crippen LogP contribution < -0.4 is 9.47 Å². The molecule has 3 heterocycles. The predicted octanol–water partition coefficient (Wildman–Crippen LogP) is 6.64. The number of methoxy groups -OCH3 is 2. The largest absolute Gasteiger partial charge is 0.497 e. The van der Waals surface area contributed by atoms with Gasteiger partial charge in [-0.25, -0.2) is 0 Å². The number of carboxylic acids is 1. The van der Waals surface area contributed by atoms with Crippen LogP contribution in [0.4, 0.5) is 0 Å². The summed E-state index contributed by atoms with van der Waals surface area (Å²) < 4.78 is 28.1. The molecule has 0 aliphatic carbocycles. The lowest BCUT2D eigenvalue weighted by molar-refractivity contribution is -0.145. The highest BCUT2D eigenvalue weighted by atomic mass is 16.6. The zero-order chi connectivity index (χ0) is 31.3. The van der Waals surface area contributed by atoms with E-state index in [0.717, 1.165) is 39.3 Å². The molecule has 228 valence electrons. The second-order valence-electron chi connectivity index (χ2n) is 10.9. The molecule has 3 aliphatic rings. The van der Waals surface area contributed by atoms with Crippen LogP contribution in [-0.2, 0) is 23.8 Å². The smallest absolute Gasteiger partial charge is 0.309 e. The van der Waals surface area contributed by atoms with Crippen molar-refractivity contribution < 1.29 is 38.4 Å². The summed E-state index contributed by atoms with van der Waals surface area (Å²) in [5.74, 6) is 0.475. The molecule has 3 saturated heterocycles. The number of hydrogen-bond donors (Lipinski definition) is 1. The van der Waals surface area contributed by atoms with Gasteiger partial charge < -0.3 is 28.8 Å². The Labute approximate surface area is 257 Å². The maximum atomic E-state index is 12.0. The molecule has 4 unspecified atom stereocenters. The van der Waals surface area contributed by atoms with Crippen molar-refractivity contribution in [3.05, 3.63) is 120 Å². The molecular formula is C36H36O8. The van der Waals surface area contributed by atoms with E-state index in [-0.39, 0.29) is 37.1 Å². The molecule has 0 bridgehead atoms. The van der Waals surface area contributed by atoms with Gasteiger partial charge >= 0.3 is 11.9 Å². The summed E-state index contributed by atoms with van der Waals surface area (Å²) in [7, 11) is 3.26. The number of aliphatic carboxylic acids is 1. The lowest BCUT2D eigenvalue weighted by atomic mass is 9.82. The Bertz CT molecular complexity index is 1540. The van der Waals surface area contributed by atoms with Crippen molar-refractivity contribution in [2.45, 2.75) is 55.7 Å². The van der Waals surface area contributed by atoms with Crippen molar-refractivity contribution in [2.24, 2.45) is 0 Å². The molecule has 44 heavy (non-hydrogen) atoms. The highest BCUT2D eigenvalue weighted by Crippen LogP contribution is 2.53. The van der Waals surface area contributed by atoms with Crippen molar-refractivity contribution >= 4 is 17.5 Å². The summed E-state index contributed by atoms with van der Waals surface area (Å²) in [5.41, 5.74) is 6.66. The molecule has 0 radical (unpaired) electrons. The van der Waals surface area contributed by atoms with Crippen LogP contribution in [0, 0.1) is 0 Å². The quantitative estimate of drug-likeness (QED) is 0.228. The van der Waals surface area contributed by atoms with Crippen LogP contribution in [0.15, 0.2) is 103 Å². The summed E-state index contributed by atoms with van der Waals surface area (Å²) in [6, 6.07) is 25.2. The average Bonchev–Trinajstić information content (AvgIpc) is 3.71. The summed E-state index contributed by atoms with van der Waals surface area (Å²) in [6.45, 7) is 7.85. The fourth-order valence-corrected chi connectivity index (χ4v) is 5.95. The molecule has 0 aromatic heterocycles. The molecule has 3 fully saturated rings. The molecule has 5 atom stereocenters. The molecule has 1 N–H and O–H groups in total. The third kappa shape index (κ3) is 6.48. The first-order valence-electron chi connectivity index (χ1n) is 14.4. The maximum Gasteiger partial charge on any atom is 0.309 e. The highest BCUT2D eigenvalue weighted by molar-refractivity contribution is 5.82. The van der Waals surface area contributed by atoms with E-state index in [1.54, 1.807) is 14.2 Å². The van der Waals surface area contributed by atoms with E-state index >= 15 is 0 Å². The number of fused-ring (bicyclic) bond motifs is 1. The van der Waals surface area contributed by atoms with Gasteiger partial charge in [0, 0.05) is 18.4 Å². The standard InChI is InChI=1S/C21H20O4.C15H16O4/c1-14(15-6-4-3-5-7-15)21-13-18(24-19(21)12-20(22)25-21)16-8-10-17(23-2)11-9-16;1-3-10-8-13(19-14(10)9-15(16)17)11-4-6-12(18-2)7-5-11/h3-11,18-19H,1,12-13H2,2H3;4-7,13-14H,1,8-9H2,2H3,(H,16,17)/t18?,19?,21-;/m1./s1. The third-order valence-corrected chi connectivity index (χ3v) is 8.30. The Kier molecular flexibility index (Phi) is 9.35. The van der Waals surface area contributed by atoms with E-state index in [1.165, 1.54) is 0 Å². The second-order valence-corrected chi connectivity index (χ2v) is 10.9. The van der Waals surface area contributed by atoms with Gasteiger partial charge in [-0.1, -0.05) is 67.8 Å². The molecule has 3 aromatic carbocycles. The molecule has 3 aliphatic heterocycles. The topological polar surface area (TPSA) is 101 Å². The minimum atomic E-state index is -0.881. The van der Waals surface area contributed by atoms with Gasteiger partial charge in [-0.05, 0) is 46.5 Å². The first kappa shape index (κ1) is 30.8. The van der Waals surface area contributed by atoms with Crippen molar-refractivity contribution in [1.82, 2.24) is 0 Å². The van der Waals surface area contributed by atoms with E-state index in [0.29, 0.717) is 12.8 Å². The summed E-state index contributed by atoms with van der Waals surface area (Å²) in [6.07, 6.45) is 0.408. The van der Waals surface area contributed by atoms with Gasteiger partial charge in [-0.15, -0.1) is 5.73 Å². The number of esters is 1. The van der Waals surface area contributed by atoms with Crippen LogP contribution in [-0.4, -0.2) is 49.1 Å². The van der Waals surface area contributed by atoms with Crippen molar-refractivity contribution in [3.63, 3.8) is 0 Å². The zero-order valence-corrected chi connectivity index (χ0v) is 24.9. The van der Waals surface area contributed by atoms with Gasteiger partial charge in [0.1, 0.15) is 17.6 Å². The van der Waals surface area contributed by atoms with Gasteiger partial charge in [-0.3, -0.25) is 9.59 Å². The number of rotatable bonds is 8. The maximum absolute atomic E-state index is 12.0. The minimum absolute atomic E-state index is 0.0511. The van der Waals surface area contributed by atoms with Gasteiger partial charge in [0.05, 0.1) is 45.4 Å². The molecule has 0 spiro atoms. The van der Waals surface area contributed by atoms with E-state index in [1.807, 2.05) is 78.9 Å². The van der Waals surface area contributed by atoms with Crippen molar-refractivity contribution in [2.75, 3.05) is 14.2 Å². The zero-order valence-electron chi connectivity index (χ0n) is 24.9. The van der Waals surface area contributed by atoms with Gasteiger partial charge in [0.2, 0.25) is 0 Å². The number of benzene rings is 3. The first-order valence-corrected chi connectivity index (χ1v) is 14.4. The number of carboxylic acid groups (broad SMARTS) is 1. The Morgan fingerprint density at radius 1 is 0.909 bits per heavy atom. The lowest BCUT2D eigenvalue weighted by Crippen LogP contribution is -2.36. The molecule has 6 rings (SSSR count). The fraction of sp³-hybridized carbons (Fsp3) is 0.306. The number of ether oxygens (including phenoxy) is 5. The normalized spacial score (nSPS) is 25.2. The summed E-state index contributed by atoms with van der Waals surface area (Å²) >= 11 is 0. The average molecular weight is 597 g/mol. The first-order chi connectivity index (χ1) is 21.3. The molecular weight excluding hydrogens is 560 g/mol. The van der Waals surface area contributed by atoms with E-state index in [4.69, 9.17) is 28.8 Å². The van der Waals surface area contributed by atoms with Crippen LogP contribution in [0.3, 0.4) is 0 Å². The van der Waals surface area contributed by atoms with Crippen LogP contribution >= 0.6 is 0 Å². The van der Waals surface area contributed by atoms with Gasteiger partial charge in [0.15, 0.2) is 5.60 Å². The molecule has 3 aromatic rings. The van der Waals surface area contributed by atoms with Gasteiger partial charge in [0.25, 0.3) is 0 Å². The van der Waals surface area contributed by atoms with Crippen LogP contribution in [0.1, 0.15) is 54.6 Å². The van der Waals surface area contributed by atoms with Crippen molar-refractivity contribution in [1.29, 1.82) is 0 Å². The SMILES string of the molecule is C=C(c1ccccc1)[C@]12CC(c3ccc(OC)cc3)OC1CC(=O)O2.C=C=C1CC(c2ccc(OC)cc2)OC1CC(=O)O. The molecule has 0 amide bonds. The van der Waals surface area contributed by atoms with E-state index < -0.39 is 17.7 Å². The Morgan fingerprint density at radius 3 is 2.05 bits per heavy atom. The minimum Gasteiger partial charge on any atom is -0.497 e. The predicted molar refractivity (Wildman–Crippen MR) is 164 cm³/mol. The van der Waals surface area contributed by atoms with Crippen molar-refractivity contribution in [3.8, 4) is 11.5 Å². The third-order valence-electron chi connectivity index (χ3n) is 8.30. The Morgan fingerprint density at radius 2 is 1.50 bits per heavy atom. The number of hydrogen-bond acceptors (Lipinski definition) is 7. The van der Waals surface area contributed by atoms with Gasteiger partial charge in [-0.2, -0.15) is 0 Å². The van der Waals surface area contributed by atoms with Crippen LogP contribution in [0.5, 0.6) is 11.5 Å². The monoisotopic (exact) mass is 596 g/mol. The summed E-state index contributed by atoms with van der Waals surface area (Å²) in [5, 5.41) is 8.85. The fourth-order valence-electron chi connectivity index (χ4n) is 5.95. The Hall–Kier alpha value is -4.62. The molecule has 8 heteroatoms. The lowest BCUT2D eigenvalue weighted by Gasteiger charge is -2.28. The van der Waals surface area contributed by atoms with Crippen LogP contribution in [0.25, 0.3) is 5.57 Å². The van der Waals surface area contributed by atoms with Crippen LogP contribution in [0.2, 0.25) is 0 Å².